The zero-order valence-electron chi connectivity index (χ0n) is 13.9. The minimum Gasteiger partial charge on any atom is -0.478 e. The van der Waals surface area contributed by atoms with Gasteiger partial charge in [-0.2, -0.15) is 0 Å². The maximum atomic E-state index is 12.0. The SMILES string of the molecule is Cc1ccc(OC2(C(=O)O)CCCN(Cc3ccccc3)C2)cc1. The lowest BCUT2D eigenvalue weighted by Crippen LogP contribution is -2.56. The Morgan fingerprint density at radius 1 is 1.17 bits per heavy atom. The van der Waals surface area contributed by atoms with E-state index in [0.29, 0.717) is 18.7 Å². The molecule has 0 spiro atoms. The summed E-state index contributed by atoms with van der Waals surface area (Å²) < 4.78 is 5.99. The summed E-state index contributed by atoms with van der Waals surface area (Å²) in [6.45, 7) is 4.03. The van der Waals surface area contributed by atoms with Crippen LogP contribution in [0.5, 0.6) is 5.75 Å². The van der Waals surface area contributed by atoms with E-state index in [9.17, 15) is 9.90 Å². The van der Waals surface area contributed by atoms with Gasteiger partial charge in [-0.15, -0.1) is 0 Å². The molecule has 1 saturated heterocycles. The molecule has 1 fully saturated rings. The summed E-state index contributed by atoms with van der Waals surface area (Å²) in [5.74, 6) is -0.273. The molecule has 0 aliphatic carbocycles. The predicted octanol–water partition coefficient (Wildman–Crippen LogP) is 3.49. The minimum absolute atomic E-state index is 0.394. The van der Waals surface area contributed by atoms with E-state index >= 15 is 0 Å². The Morgan fingerprint density at radius 2 is 1.88 bits per heavy atom. The molecule has 1 heterocycles. The lowest BCUT2D eigenvalue weighted by atomic mass is 9.92. The first kappa shape index (κ1) is 16.5. The smallest absolute Gasteiger partial charge is 0.349 e. The van der Waals surface area contributed by atoms with Crippen LogP contribution < -0.4 is 4.74 Å². The Bertz CT molecular complexity index is 684. The Labute approximate surface area is 142 Å². The van der Waals surface area contributed by atoms with Crippen LogP contribution in [0.2, 0.25) is 0 Å². The van der Waals surface area contributed by atoms with Crippen molar-refractivity contribution >= 4 is 5.97 Å². The van der Waals surface area contributed by atoms with Crippen molar-refractivity contribution in [3.05, 3.63) is 65.7 Å². The van der Waals surface area contributed by atoms with E-state index in [-0.39, 0.29) is 0 Å². The molecule has 1 unspecified atom stereocenters. The molecular formula is C20H23NO3. The highest BCUT2D eigenvalue weighted by Gasteiger charge is 2.44. The van der Waals surface area contributed by atoms with Crippen LogP contribution in [0.4, 0.5) is 0 Å². The largest absolute Gasteiger partial charge is 0.478 e. The van der Waals surface area contributed by atoms with Crippen molar-refractivity contribution in [1.29, 1.82) is 0 Å². The lowest BCUT2D eigenvalue weighted by Gasteiger charge is -2.39. The number of hydrogen-bond donors (Lipinski definition) is 1. The van der Waals surface area contributed by atoms with Crippen LogP contribution in [0.3, 0.4) is 0 Å². The highest BCUT2D eigenvalue weighted by atomic mass is 16.5. The Balaban J connectivity index is 1.76. The monoisotopic (exact) mass is 325 g/mol. The van der Waals surface area contributed by atoms with Gasteiger partial charge < -0.3 is 9.84 Å². The second-order valence-electron chi connectivity index (χ2n) is 6.51. The first-order chi connectivity index (χ1) is 11.6. The maximum absolute atomic E-state index is 12.0. The summed E-state index contributed by atoms with van der Waals surface area (Å²) in [5, 5.41) is 9.84. The van der Waals surface area contributed by atoms with Gasteiger partial charge in [0.05, 0.1) is 0 Å². The Kier molecular flexibility index (Phi) is 4.86. The van der Waals surface area contributed by atoms with Crippen molar-refractivity contribution in [2.24, 2.45) is 0 Å². The van der Waals surface area contributed by atoms with E-state index in [1.807, 2.05) is 49.4 Å². The summed E-state index contributed by atoms with van der Waals surface area (Å²) in [7, 11) is 0. The van der Waals surface area contributed by atoms with Gasteiger partial charge in [0.25, 0.3) is 0 Å². The van der Waals surface area contributed by atoms with E-state index in [1.165, 1.54) is 5.56 Å². The zero-order valence-corrected chi connectivity index (χ0v) is 13.9. The number of ether oxygens (including phenoxy) is 1. The minimum atomic E-state index is -1.18. The standard InChI is InChI=1S/C20H23NO3/c1-16-8-10-18(11-9-16)24-20(19(22)23)12-5-13-21(15-20)14-17-6-3-2-4-7-17/h2-4,6-11H,5,12-15H2,1H3,(H,22,23). The maximum Gasteiger partial charge on any atom is 0.349 e. The van der Waals surface area contributed by atoms with Gasteiger partial charge in [-0.05, 0) is 37.6 Å². The van der Waals surface area contributed by atoms with E-state index < -0.39 is 11.6 Å². The number of rotatable bonds is 5. The van der Waals surface area contributed by atoms with Gasteiger partial charge in [0.15, 0.2) is 0 Å². The fraction of sp³-hybridized carbons (Fsp3) is 0.350. The van der Waals surface area contributed by atoms with Crippen LogP contribution in [-0.4, -0.2) is 34.7 Å². The Hall–Kier alpha value is -2.33. The number of aliphatic carboxylic acids is 1. The van der Waals surface area contributed by atoms with Gasteiger partial charge in [0, 0.05) is 19.5 Å². The van der Waals surface area contributed by atoms with E-state index in [0.717, 1.165) is 25.1 Å². The van der Waals surface area contributed by atoms with Crippen LogP contribution in [-0.2, 0) is 11.3 Å². The quantitative estimate of drug-likeness (QED) is 0.914. The van der Waals surface area contributed by atoms with Crippen molar-refractivity contribution in [3.8, 4) is 5.75 Å². The van der Waals surface area contributed by atoms with Gasteiger partial charge in [0.1, 0.15) is 5.75 Å². The third-order valence-corrected chi connectivity index (χ3v) is 4.51. The average Bonchev–Trinajstić information content (AvgIpc) is 2.58. The van der Waals surface area contributed by atoms with Crippen molar-refractivity contribution in [2.75, 3.05) is 13.1 Å². The number of nitrogens with zero attached hydrogens (tertiary/aromatic N) is 1. The van der Waals surface area contributed by atoms with Gasteiger partial charge in [-0.1, -0.05) is 48.0 Å². The number of benzene rings is 2. The van der Waals surface area contributed by atoms with Crippen LogP contribution in [0.25, 0.3) is 0 Å². The zero-order chi connectivity index (χ0) is 17.0. The molecular weight excluding hydrogens is 302 g/mol. The number of likely N-dealkylation sites (tertiary alicyclic amines) is 1. The predicted molar refractivity (Wildman–Crippen MR) is 93.1 cm³/mol. The molecule has 1 aliphatic heterocycles. The molecule has 1 N–H and O–H groups in total. The van der Waals surface area contributed by atoms with Crippen LogP contribution in [0.1, 0.15) is 24.0 Å². The third-order valence-electron chi connectivity index (χ3n) is 4.51. The third kappa shape index (κ3) is 3.77. The average molecular weight is 325 g/mol. The summed E-state index contributed by atoms with van der Waals surface area (Å²) >= 11 is 0. The number of hydrogen-bond acceptors (Lipinski definition) is 3. The molecule has 24 heavy (non-hydrogen) atoms. The van der Waals surface area contributed by atoms with E-state index in [2.05, 4.69) is 17.0 Å². The Morgan fingerprint density at radius 3 is 2.54 bits per heavy atom. The fourth-order valence-electron chi connectivity index (χ4n) is 3.22. The molecule has 0 aromatic heterocycles. The highest BCUT2D eigenvalue weighted by molar-refractivity contribution is 5.78. The van der Waals surface area contributed by atoms with E-state index in [1.54, 1.807) is 0 Å². The molecule has 0 radical (unpaired) electrons. The number of carboxylic acid groups (broad SMARTS) is 1. The molecule has 126 valence electrons. The van der Waals surface area contributed by atoms with E-state index in [4.69, 9.17) is 4.74 Å². The molecule has 0 amide bonds. The molecule has 4 nitrogen and oxygen atoms in total. The second-order valence-corrected chi connectivity index (χ2v) is 6.51. The number of carboxylic acids is 1. The highest BCUT2D eigenvalue weighted by Crippen LogP contribution is 2.29. The molecule has 2 aromatic carbocycles. The van der Waals surface area contributed by atoms with Crippen LogP contribution in [0, 0.1) is 6.92 Å². The molecule has 4 heteroatoms. The number of piperidine rings is 1. The molecule has 1 aliphatic rings. The fourth-order valence-corrected chi connectivity index (χ4v) is 3.22. The summed E-state index contributed by atoms with van der Waals surface area (Å²) in [4.78, 5) is 14.2. The lowest BCUT2D eigenvalue weighted by molar-refractivity contribution is -0.160. The van der Waals surface area contributed by atoms with Crippen molar-refractivity contribution in [2.45, 2.75) is 31.9 Å². The molecule has 0 bridgehead atoms. The van der Waals surface area contributed by atoms with Gasteiger partial charge in [-0.25, -0.2) is 4.79 Å². The van der Waals surface area contributed by atoms with Gasteiger partial charge in [0.2, 0.25) is 5.60 Å². The van der Waals surface area contributed by atoms with Crippen molar-refractivity contribution in [3.63, 3.8) is 0 Å². The summed E-state index contributed by atoms with van der Waals surface area (Å²) in [6.07, 6.45) is 1.34. The first-order valence-corrected chi connectivity index (χ1v) is 8.33. The van der Waals surface area contributed by atoms with Gasteiger partial charge in [-0.3, -0.25) is 4.90 Å². The normalized spacial score (nSPS) is 21.4. The van der Waals surface area contributed by atoms with Gasteiger partial charge >= 0.3 is 5.97 Å². The molecule has 2 aromatic rings. The molecule has 0 saturated carbocycles. The summed E-state index contributed by atoms with van der Waals surface area (Å²) in [6, 6.07) is 17.7. The number of carbonyl (C=O) groups is 1. The van der Waals surface area contributed by atoms with Crippen molar-refractivity contribution in [1.82, 2.24) is 4.90 Å². The first-order valence-electron chi connectivity index (χ1n) is 8.33. The summed E-state index contributed by atoms with van der Waals surface area (Å²) in [5.41, 5.74) is 1.14. The topological polar surface area (TPSA) is 49.8 Å². The van der Waals surface area contributed by atoms with Crippen LogP contribution >= 0.6 is 0 Å². The molecule has 3 rings (SSSR count). The molecule has 1 atom stereocenters. The second kappa shape index (κ2) is 7.05. The number of aryl methyl sites for hydroxylation is 1. The van der Waals surface area contributed by atoms with Crippen molar-refractivity contribution < 1.29 is 14.6 Å². The van der Waals surface area contributed by atoms with Crippen LogP contribution in [0.15, 0.2) is 54.6 Å².